The second-order valence-corrected chi connectivity index (χ2v) is 10.0. The lowest BCUT2D eigenvalue weighted by atomic mass is 9.99. The van der Waals surface area contributed by atoms with Crippen molar-refractivity contribution >= 4 is 11.8 Å². The van der Waals surface area contributed by atoms with E-state index in [4.69, 9.17) is 9.51 Å². The van der Waals surface area contributed by atoms with E-state index in [1.54, 1.807) is 0 Å². The van der Waals surface area contributed by atoms with E-state index in [0.717, 1.165) is 36.8 Å². The van der Waals surface area contributed by atoms with Crippen LogP contribution in [0.5, 0.6) is 0 Å². The molecule has 7 nitrogen and oxygen atoms in total. The molecule has 2 aliphatic rings. The Bertz CT molecular complexity index is 1150. The Morgan fingerprint density at radius 1 is 0.944 bits per heavy atom. The molecule has 36 heavy (non-hydrogen) atoms. The lowest BCUT2D eigenvalue weighted by molar-refractivity contribution is -0.136. The van der Waals surface area contributed by atoms with Gasteiger partial charge in [0, 0.05) is 31.5 Å². The molecule has 5 rings (SSSR count). The van der Waals surface area contributed by atoms with Gasteiger partial charge in [-0.15, -0.1) is 0 Å². The molecule has 1 aromatic heterocycles. The van der Waals surface area contributed by atoms with Crippen molar-refractivity contribution in [2.45, 2.75) is 63.3 Å². The summed E-state index contributed by atoms with van der Waals surface area (Å²) in [5.74, 6) is 1.01. The van der Waals surface area contributed by atoms with Crippen LogP contribution in [-0.4, -0.2) is 46.0 Å². The Kier molecular flexibility index (Phi) is 7.74. The molecule has 3 aromatic rings. The number of fused-ring (bicyclic) bond motifs is 1. The van der Waals surface area contributed by atoms with Crippen molar-refractivity contribution in [3.63, 3.8) is 0 Å². The number of hydrogen-bond acceptors (Lipinski definition) is 5. The standard InChI is InChI=1S/C29H34N4O3/c34-27(18-22-13-7-4-8-14-22)33-16-10-2-1-9-15-30-28(35)24-19-23(20-25(24)33)29-31-26(32-36-29)17-21-11-5-3-6-12-21/h3-8,11-14,23-25H,1-2,9-10,15-20H2,(H,30,35)/t23-,24-,25+/m1/s1. The van der Waals surface area contributed by atoms with Gasteiger partial charge in [0.25, 0.3) is 0 Å². The number of benzene rings is 2. The van der Waals surface area contributed by atoms with Gasteiger partial charge in [-0.2, -0.15) is 4.98 Å². The number of amides is 2. The normalized spacial score (nSPS) is 22.9. The highest BCUT2D eigenvalue weighted by Crippen LogP contribution is 2.41. The fourth-order valence-corrected chi connectivity index (χ4v) is 5.58. The third kappa shape index (κ3) is 5.83. The molecule has 1 saturated heterocycles. The molecule has 1 N–H and O–H groups in total. The zero-order valence-electron chi connectivity index (χ0n) is 20.6. The molecule has 2 fully saturated rings. The number of nitrogens with one attached hydrogen (secondary N) is 1. The minimum atomic E-state index is -0.280. The van der Waals surface area contributed by atoms with Crippen LogP contribution in [-0.2, 0) is 22.4 Å². The molecule has 1 aliphatic heterocycles. The van der Waals surface area contributed by atoms with Crippen molar-refractivity contribution in [3.8, 4) is 0 Å². The van der Waals surface area contributed by atoms with Crippen LogP contribution in [0.15, 0.2) is 65.2 Å². The predicted octanol–water partition coefficient (Wildman–Crippen LogP) is 4.28. The maximum absolute atomic E-state index is 13.6. The first-order valence-electron chi connectivity index (χ1n) is 13.1. The van der Waals surface area contributed by atoms with E-state index in [9.17, 15) is 9.59 Å². The number of carbonyl (C=O) groups excluding carboxylic acids is 2. The van der Waals surface area contributed by atoms with Gasteiger partial charge in [0.2, 0.25) is 17.7 Å². The average molecular weight is 487 g/mol. The first-order chi connectivity index (χ1) is 17.7. The molecule has 0 unspecified atom stereocenters. The summed E-state index contributed by atoms with van der Waals surface area (Å²) >= 11 is 0. The second-order valence-electron chi connectivity index (χ2n) is 10.0. The summed E-state index contributed by atoms with van der Waals surface area (Å²) in [6, 6.07) is 19.7. The minimum Gasteiger partial charge on any atom is -0.356 e. The molecular weight excluding hydrogens is 452 g/mol. The maximum Gasteiger partial charge on any atom is 0.229 e. The van der Waals surface area contributed by atoms with E-state index in [0.29, 0.717) is 50.5 Å². The molecule has 188 valence electrons. The largest absolute Gasteiger partial charge is 0.356 e. The summed E-state index contributed by atoms with van der Waals surface area (Å²) in [6.45, 7) is 1.36. The first kappa shape index (κ1) is 24.2. The quantitative estimate of drug-likeness (QED) is 0.581. The van der Waals surface area contributed by atoms with Crippen LogP contribution in [0.1, 0.15) is 67.3 Å². The van der Waals surface area contributed by atoms with Crippen molar-refractivity contribution < 1.29 is 14.1 Å². The number of aromatic nitrogens is 2. The van der Waals surface area contributed by atoms with Gasteiger partial charge in [-0.05, 0) is 36.8 Å². The highest BCUT2D eigenvalue weighted by molar-refractivity contribution is 5.83. The van der Waals surface area contributed by atoms with E-state index < -0.39 is 0 Å². The summed E-state index contributed by atoms with van der Waals surface area (Å²) in [4.78, 5) is 33.5. The minimum absolute atomic E-state index is 0.0333. The lowest BCUT2D eigenvalue weighted by Gasteiger charge is -2.33. The van der Waals surface area contributed by atoms with Crippen LogP contribution in [0, 0.1) is 5.92 Å². The van der Waals surface area contributed by atoms with Gasteiger partial charge < -0.3 is 14.7 Å². The smallest absolute Gasteiger partial charge is 0.229 e. The molecule has 3 atom stereocenters. The Labute approximate surface area is 212 Å². The van der Waals surface area contributed by atoms with Crippen molar-refractivity contribution in [3.05, 3.63) is 83.5 Å². The average Bonchev–Trinajstić information content (AvgIpc) is 3.53. The van der Waals surface area contributed by atoms with Crippen molar-refractivity contribution in [2.24, 2.45) is 5.92 Å². The fraction of sp³-hybridized carbons (Fsp3) is 0.448. The van der Waals surface area contributed by atoms with Gasteiger partial charge in [-0.25, -0.2) is 0 Å². The maximum atomic E-state index is 13.6. The summed E-state index contributed by atoms with van der Waals surface area (Å²) in [7, 11) is 0. The lowest BCUT2D eigenvalue weighted by Crippen LogP contribution is -2.47. The van der Waals surface area contributed by atoms with Gasteiger partial charge in [-0.1, -0.05) is 78.7 Å². The van der Waals surface area contributed by atoms with E-state index in [-0.39, 0.29) is 29.7 Å². The van der Waals surface area contributed by atoms with Gasteiger partial charge >= 0.3 is 0 Å². The molecule has 2 aromatic carbocycles. The third-order valence-electron chi connectivity index (χ3n) is 7.45. The summed E-state index contributed by atoms with van der Waals surface area (Å²) in [6.07, 6.45) is 6.25. The molecule has 2 amide bonds. The van der Waals surface area contributed by atoms with E-state index in [2.05, 4.69) is 10.5 Å². The Morgan fingerprint density at radius 3 is 2.44 bits per heavy atom. The van der Waals surface area contributed by atoms with Gasteiger partial charge in [0.05, 0.1) is 12.3 Å². The van der Waals surface area contributed by atoms with Gasteiger partial charge in [0.15, 0.2) is 5.82 Å². The van der Waals surface area contributed by atoms with Crippen LogP contribution >= 0.6 is 0 Å². The Morgan fingerprint density at radius 2 is 1.67 bits per heavy atom. The van der Waals surface area contributed by atoms with Gasteiger partial charge in [-0.3, -0.25) is 9.59 Å². The zero-order chi connectivity index (χ0) is 24.7. The molecular formula is C29H34N4O3. The molecule has 2 heterocycles. The summed E-state index contributed by atoms with van der Waals surface area (Å²) in [5.41, 5.74) is 2.12. The second kappa shape index (κ2) is 11.5. The number of hydrogen-bond donors (Lipinski definition) is 1. The van der Waals surface area contributed by atoms with E-state index in [1.807, 2.05) is 65.6 Å². The third-order valence-corrected chi connectivity index (χ3v) is 7.45. The van der Waals surface area contributed by atoms with Crippen LogP contribution in [0.25, 0.3) is 0 Å². The number of nitrogens with zero attached hydrogens (tertiary/aromatic N) is 3. The fourth-order valence-electron chi connectivity index (χ4n) is 5.58. The van der Waals surface area contributed by atoms with Gasteiger partial charge in [0.1, 0.15) is 0 Å². The van der Waals surface area contributed by atoms with Crippen molar-refractivity contribution in [1.82, 2.24) is 20.4 Å². The van der Waals surface area contributed by atoms with Crippen molar-refractivity contribution in [1.29, 1.82) is 0 Å². The summed E-state index contributed by atoms with van der Waals surface area (Å²) in [5, 5.41) is 7.34. The van der Waals surface area contributed by atoms with Crippen LogP contribution < -0.4 is 5.32 Å². The summed E-state index contributed by atoms with van der Waals surface area (Å²) < 4.78 is 5.69. The predicted molar refractivity (Wildman–Crippen MR) is 136 cm³/mol. The molecule has 0 spiro atoms. The SMILES string of the molecule is O=C1NCCCCCCN(C(=O)Cc2ccccc2)[C@H]2C[C@H](c3nc(Cc4ccccc4)no3)C[C@@H]12. The number of rotatable bonds is 5. The van der Waals surface area contributed by atoms with Crippen LogP contribution in [0.3, 0.4) is 0 Å². The highest BCUT2D eigenvalue weighted by Gasteiger charge is 2.45. The Balaban J connectivity index is 1.36. The number of carbonyl (C=O) groups is 2. The van der Waals surface area contributed by atoms with E-state index >= 15 is 0 Å². The highest BCUT2D eigenvalue weighted by atomic mass is 16.5. The molecule has 1 saturated carbocycles. The molecule has 0 radical (unpaired) electrons. The monoisotopic (exact) mass is 486 g/mol. The van der Waals surface area contributed by atoms with E-state index in [1.165, 1.54) is 0 Å². The first-order valence-corrected chi connectivity index (χ1v) is 13.1. The Hall–Kier alpha value is -3.48. The molecule has 7 heteroatoms. The molecule has 0 bridgehead atoms. The van der Waals surface area contributed by atoms with Crippen LogP contribution in [0.4, 0.5) is 0 Å². The molecule has 1 aliphatic carbocycles. The van der Waals surface area contributed by atoms with Crippen LogP contribution in [0.2, 0.25) is 0 Å². The van der Waals surface area contributed by atoms with Crippen molar-refractivity contribution in [2.75, 3.05) is 13.1 Å². The zero-order valence-corrected chi connectivity index (χ0v) is 20.6. The topological polar surface area (TPSA) is 88.3 Å².